The average molecular weight is 633 g/mol. The van der Waals surface area contributed by atoms with E-state index in [9.17, 15) is 45.3 Å². The molecule has 2 aliphatic heterocycles. The van der Waals surface area contributed by atoms with Crippen LogP contribution in [0.25, 0.3) is 10.8 Å². The highest BCUT2D eigenvalue weighted by molar-refractivity contribution is 6.11. The van der Waals surface area contributed by atoms with Crippen molar-refractivity contribution in [1.29, 1.82) is 0 Å². The van der Waals surface area contributed by atoms with Gasteiger partial charge in [0.05, 0.1) is 29.7 Å². The fourth-order valence-electron chi connectivity index (χ4n) is 8.09. The Morgan fingerprint density at radius 1 is 1.13 bits per heavy atom. The van der Waals surface area contributed by atoms with Gasteiger partial charge in [-0.1, -0.05) is 19.8 Å². The van der Waals surface area contributed by atoms with E-state index in [1.807, 2.05) is 0 Å². The fraction of sp³-hybridized carbons (Fsp3) is 0.636. The van der Waals surface area contributed by atoms with Gasteiger partial charge in [-0.15, -0.1) is 0 Å². The number of phenols is 2. The first-order valence-electron chi connectivity index (χ1n) is 15.6. The number of carbonyl (C=O) groups excluding carboxylic acids is 1. The molecule has 0 amide bonds. The number of aliphatic hydroxyl groups is 4. The fourth-order valence-corrected chi connectivity index (χ4v) is 8.09. The average Bonchev–Trinajstić information content (AvgIpc) is 3.47. The van der Waals surface area contributed by atoms with E-state index < -0.39 is 60.1 Å². The number of hydrogen-bond acceptors (Lipinski definition) is 11. The lowest BCUT2D eigenvalue weighted by molar-refractivity contribution is -0.315. The topological polar surface area (TPSA) is 203 Å². The molecule has 248 valence electrons. The lowest BCUT2D eigenvalue weighted by Gasteiger charge is -2.49. The number of aromatic hydroxyl groups is 2. The van der Waals surface area contributed by atoms with Crippen LogP contribution in [0.15, 0.2) is 12.1 Å². The number of aromatic carboxylic acids is 1. The van der Waals surface area contributed by atoms with Crippen LogP contribution in [0.2, 0.25) is 0 Å². The van der Waals surface area contributed by atoms with Crippen LogP contribution in [-0.2, 0) is 9.47 Å². The van der Waals surface area contributed by atoms with E-state index in [0.29, 0.717) is 25.6 Å². The Kier molecular flexibility index (Phi) is 9.38. The van der Waals surface area contributed by atoms with Gasteiger partial charge in [0.2, 0.25) is 6.29 Å². The number of carboxylic acid groups (broad SMARTS) is 1. The van der Waals surface area contributed by atoms with E-state index >= 15 is 0 Å². The molecular weight excluding hydrogens is 588 g/mol. The number of Topliss-reactive ketones (excluding diaryl/α,β-unsaturated/α-hetero) is 1. The summed E-state index contributed by atoms with van der Waals surface area (Å²) in [4.78, 5) is 24.2. The Morgan fingerprint density at radius 2 is 1.82 bits per heavy atom. The first-order chi connectivity index (χ1) is 21.3. The molecule has 3 aliphatic rings. The standard InChI is InChI=1S/C33H44O12/c1-16(21-7-11-43-15-32(21)8-4-5-9-32)6-10-33(42)23(14-34)45-31(28(38)29(33)39)44-22-13-19(30(40)41)12-20-25(22)27(37)24(18(3)35)17(2)26(20)36/h12-13,16,21,23,28-29,31,34,36-39,42H,4-11,14-15H2,1-3H3,(H,40,41). The van der Waals surface area contributed by atoms with Gasteiger partial charge in [-0.25, -0.2) is 4.79 Å². The first kappa shape index (κ1) is 33.4. The van der Waals surface area contributed by atoms with Gasteiger partial charge in [0, 0.05) is 17.6 Å². The lowest BCUT2D eigenvalue weighted by Crippen LogP contribution is -2.68. The molecule has 2 aromatic rings. The molecule has 5 rings (SSSR count). The van der Waals surface area contributed by atoms with Crippen LogP contribution in [0.4, 0.5) is 0 Å². The molecule has 7 atom stereocenters. The molecule has 3 fully saturated rings. The predicted octanol–water partition coefficient (Wildman–Crippen LogP) is 3.02. The molecule has 7 N–H and O–H groups in total. The highest BCUT2D eigenvalue weighted by Crippen LogP contribution is 2.52. The third kappa shape index (κ3) is 5.77. The van der Waals surface area contributed by atoms with Crippen LogP contribution >= 0.6 is 0 Å². The number of carbonyl (C=O) groups is 2. The van der Waals surface area contributed by atoms with Gasteiger partial charge >= 0.3 is 5.97 Å². The lowest BCUT2D eigenvalue weighted by atomic mass is 9.65. The Labute approximate surface area is 261 Å². The van der Waals surface area contributed by atoms with Crippen LogP contribution in [0.5, 0.6) is 17.2 Å². The molecule has 12 heteroatoms. The molecule has 0 bridgehead atoms. The van der Waals surface area contributed by atoms with Crippen LogP contribution in [0, 0.1) is 24.2 Å². The Bertz CT molecular complexity index is 1450. The maximum Gasteiger partial charge on any atom is 0.335 e. The summed E-state index contributed by atoms with van der Waals surface area (Å²) >= 11 is 0. The molecule has 0 aromatic heterocycles. The number of hydrogen-bond donors (Lipinski definition) is 7. The van der Waals surface area contributed by atoms with Crippen molar-refractivity contribution in [2.45, 2.75) is 95.9 Å². The summed E-state index contributed by atoms with van der Waals surface area (Å²) < 4.78 is 17.5. The molecule has 1 spiro atoms. The van der Waals surface area contributed by atoms with E-state index in [2.05, 4.69) is 6.92 Å². The van der Waals surface area contributed by atoms with E-state index in [-0.39, 0.29) is 51.0 Å². The SMILES string of the molecule is CC(=O)c1c(C)c(O)c2cc(C(=O)O)cc(OC3OC(CO)C(O)(CCC(C)C4CCOCC45CCCC5)C(O)C3O)c2c1O. The van der Waals surface area contributed by atoms with Gasteiger partial charge in [-0.3, -0.25) is 4.79 Å². The molecule has 12 nitrogen and oxygen atoms in total. The van der Waals surface area contributed by atoms with Crippen molar-refractivity contribution >= 4 is 22.5 Å². The van der Waals surface area contributed by atoms with E-state index in [1.54, 1.807) is 0 Å². The summed E-state index contributed by atoms with van der Waals surface area (Å²) in [6.07, 6.45) is -0.928. The summed E-state index contributed by atoms with van der Waals surface area (Å²) in [5.74, 6) is -2.83. The van der Waals surface area contributed by atoms with Crippen LogP contribution in [-0.4, -0.2) is 97.5 Å². The molecule has 45 heavy (non-hydrogen) atoms. The normalized spacial score (nSPS) is 30.4. The van der Waals surface area contributed by atoms with Crippen molar-refractivity contribution in [2.24, 2.45) is 17.3 Å². The number of aliphatic hydroxyl groups excluding tert-OH is 3. The number of ether oxygens (including phenoxy) is 3. The minimum atomic E-state index is -2.04. The van der Waals surface area contributed by atoms with E-state index in [0.717, 1.165) is 44.2 Å². The smallest absolute Gasteiger partial charge is 0.335 e. The van der Waals surface area contributed by atoms with Gasteiger partial charge in [-0.2, -0.15) is 0 Å². The molecule has 7 unspecified atom stereocenters. The van der Waals surface area contributed by atoms with E-state index in [1.165, 1.54) is 13.8 Å². The third-order valence-electron chi connectivity index (χ3n) is 10.6. The summed E-state index contributed by atoms with van der Waals surface area (Å²) in [5.41, 5.74) is -2.46. The largest absolute Gasteiger partial charge is 0.507 e. The van der Waals surface area contributed by atoms with Crippen molar-refractivity contribution < 1.29 is 59.5 Å². The Balaban J connectivity index is 1.42. The summed E-state index contributed by atoms with van der Waals surface area (Å²) in [6.45, 7) is 5.35. The van der Waals surface area contributed by atoms with Crippen LogP contribution < -0.4 is 4.74 Å². The molecule has 2 heterocycles. The van der Waals surface area contributed by atoms with Crippen molar-refractivity contribution in [3.05, 3.63) is 28.8 Å². The second-order valence-corrected chi connectivity index (χ2v) is 13.2. The molecule has 2 saturated heterocycles. The Hall–Kier alpha value is -3.00. The minimum absolute atomic E-state index is 0.0190. The number of benzene rings is 2. The number of fused-ring (bicyclic) bond motifs is 1. The highest BCUT2D eigenvalue weighted by atomic mass is 16.7. The van der Waals surface area contributed by atoms with Crippen molar-refractivity contribution in [3.8, 4) is 17.2 Å². The zero-order valence-corrected chi connectivity index (χ0v) is 25.9. The van der Waals surface area contributed by atoms with Gasteiger partial charge in [0.25, 0.3) is 0 Å². The highest BCUT2D eigenvalue weighted by Gasteiger charge is 2.56. The number of rotatable bonds is 9. The van der Waals surface area contributed by atoms with Gasteiger partial charge in [0.15, 0.2) is 5.78 Å². The molecule has 1 saturated carbocycles. The molecule has 2 aromatic carbocycles. The van der Waals surface area contributed by atoms with E-state index in [4.69, 9.17) is 14.2 Å². The second-order valence-electron chi connectivity index (χ2n) is 13.2. The van der Waals surface area contributed by atoms with Crippen molar-refractivity contribution in [1.82, 2.24) is 0 Å². The zero-order chi connectivity index (χ0) is 32.8. The molecule has 0 radical (unpaired) electrons. The van der Waals surface area contributed by atoms with Crippen molar-refractivity contribution in [2.75, 3.05) is 19.8 Å². The summed E-state index contributed by atoms with van der Waals surface area (Å²) in [7, 11) is 0. The molecular formula is C33H44O12. The van der Waals surface area contributed by atoms with Gasteiger partial charge in [0.1, 0.15) is 41.2 Å². The maximum atomic E-state index is 12.3. The maximum absolute atomic E-state index is 12.3. The van der Waals surface area contributed by atoms with Gasteiger partial charge < -0.3 is 50.0 Å². The number of phenolic OH excluding ortho intramolecular Hbond substituents is 2. The Morgan fingerprint density at radius 3 is 2.44 bits per heavy atom. The summed E-state index contributed by atoms with van der Waals surface area (Å²) in [6, 6.07) is 2.13. The number of carboxylic acids is 1. The predicted molar refractivity (Wildman–Crippen MR) is 161 cm³/mol. The molecule has 1 aliphatic carbocycles. The first-order valence-corrected chi connectivity index (χ1v) is 15.6. The zero-order valence-electron chi connectivity index (χ0n) is 25.9. The van der Waals surface area contributed by atoms with Crippen LogP contribution in [0.1, 0.15) is 85.1 Å². The minimum Gasteiger partial charge on any atom is -0.507 e. The second kappa shape index (κ2) is 12.7. The quantitative estimate of drug-likeness (QED) is 0.158. The van der Waals surface area contributed by atoms with Crippen LogP contribution in [0.3, 0.4) is 0 Å². The van der Waals surface area contributed by atoms with Crippen molar-refractivity contribution in [3.63, 3.8) is 0 Å². The summed E-state index contributed by atoms with van der Waals surface area (Å²) in [5, 5.41) is 75.6. The third-order valence-corrected chi connectivity index (χ3v) is 10.6. The number of ketones is 1. The van der Waals surface area contributed by atoms with Gasteiger partial charge in [-0.05, 0) is 75.3 Å². The monoisotopic (exact) mass is 632 g/mol.